The lowest BCUT2D eigenvalue weighted by atomic mass is 9.97. The number of carbonyl (C=O) groups is 3. The highest BCUT2D eigenvalue weighted by molar-refractivity contribution is 5.83. The van der Waals surface area contributed by atoms with E-state index >= 15 is 0 Å². The topological polar surface area (TPSA) is 88.1 Å². The molecule has 0 N–H and O–H groups in total. The minimum absolute atomic E-state index is 0.00465. The minimum atomic E-state index is -1.02. The zero-order valence-corrected chi connectivity index (χ0v) is 12.9. The SMILES string of the molecule is C=CC(=O)OC1C(CC)OC[C@@H](OC(=O)C=C)[C@H]1OC(=O)C=C. The molecule has 7 nitrogen and oxygen atoms in total. The molecule has 2 unspecified atom stereocenters. The number of hydrogen-bond acceptors (Lipinski definition) is 7. The Morgan fingerprint density at radius 3 is 1.91 bits per heavy atom. The highest BCUT2D eigenvalue weighted by atomic mass is 16.6. The molecule has 0 amide bonds. The first-order valence-electron chi connectivity index (χ1n) is 7.07. The smallest absolute Gasteiger partial charge is 0.330 e. The molecule has 0 spiro atoms. The van der Waals surface area contributed by atoms with Gasteiger partial charge in [0.2, 0.25) is 0 Å². The summed E-state index contributed by atoms with van der Waals surface area (Å²) in [5.74, 6) is -2.14. The van der Waals surface area contributed by atoms with Crippen LogP contribution in [0, 0.1) is 0 Å². The fourth-order valence-corrected chi connectivity index (χ4v) is 2.13. The third kappa shape index (κ3) is 5.07. The van der Waals surface area contributed by atoms with Crippen LogP contribution in [0.1, 0.15) is 13.3 Å². The molecule has 1 fully saturated rings. The lowest BCUT2D eigenvalue weighted by Gasteiger charge is -2.40. The second-order valence-corrected chi connectivity index (χ2v) is 4.67. The summed E-state index contributed by atoms with van der Waals surface area (Å²) in [5, 5.41) is 0. The molecule has 0 aliphatic carbocycles. The van der Waals surface area contributed by atoms with Crippen LogP contribution in [-0.2, 0) is 33.3 Å². The van der Waals surface area contributed by atoms with Crippen LogP contribution in [0.15, 0.2) is 38.0 Å². The Labute approximate surface area is 134 Å². The zero-order chi connectivity index (χ0) is 17.4. The molecule has 0 aromatic heterocycles. The van der Waals surface area contributed by atoms with Gasteiger partial charge < -0.3 is 18.9 Å². The average Bonchev–Trinajstić information content (AvgIpc) is 2.56. The Morgan fingerprint density at radius 2 is 1.43 bits per heavy atom. The Morgan fingerprint density at radius 1 is 0.957 bits per heavy atom. The van der Waals surface area contributed by atoms with Crippen LogP contribution in [0.4, 0.5) is 0 Å². The van der Waals surface area contributed by atoms with Gasteiger partial charge in [-0.2, -0.15) is 0 Å². The van der Waals surface area contributed by atoms with Crippen LogP contribution < -0.4 is 0 Å². The molecule has 1 saturated heterocycles. The molecule has 1 rings (SSSR count). The van der Waals surface area contributed by atoms with E-state index in [1.165, 1.54) is 0 Å². The second-order valence-electron chi connectivity index (χ2n) is 4.67. The van der Waals surface area contributed by atoms with Crippen LogP contribution in [0.3, 0.4) is 0 Å². The van der Waals surface area contributed by atoms with E-state index in [9.17, 15) is 14.4 Å². The highest BCUT2D eigenvalue weighted by Crippen LogP contribution is 2.26. The van der Waals surface area contributed by atoms with E-state index in [1.807, 2.05) is 6.92 Å². The molecule has 1 aliphatic heterocycles. The summed E-state index contributed by atoms with van der Waals surface area (Å²) < 4.78 is 21.1. The van der Waals surface area contributed by atoms with Crippen LogP contribution in [-0.4, -0.2) is 48.9 Å². The molecule has 0 aromatic rings. The first-order valence-corrected chi connectivity index (χ1v) is 7.07. The standard InChI is InChI=1S/C16H20O7/c1-5-10-15(22-13(18)7-3)16(23-14(19)8-4)11(9-20-10)21-12(17)6-2/h6-8,10-11,15-16H,2-5,9H2,1H3/t10?,11-,15?,16-/m1/s1. The van der Waals surface area contributed by atoms with Gasteiger partial charge in [-0.1, -0.05) is 26.7 Å². The van der Waals surface area contributed by atoms with Crippen molar-refractivity contribution in [1.82, 2.24) is 0 Å². The summed E-state index contributed by atoms with van der Waals surface area (Å²) >= 11 is 0. The van der Waals surface area contributed by atoms with Gasteiger partial charge in [0.1, 0.15) is 0 Å². The Hall–Kier alpha value is -2.41. The number of rotatable bonds is 7. The van der Waals surface area contributed by atoms with Gasteiger partial charge in [-0.3, -0.25) is 0 Å². The zero-order valence-electron chi connectivity index (χ0n) is 12.9. The summed E-state index contributed by atoms with van der Waals surface area (Å²) in [6.45, 7) is 11.8. The van der Waals surface area contributed by atoms with E-state index < -0.39 is 42.3 Å². The van der Waals surface area contributed by atoms with E-state index in [0.717, 1.165) is 18.2 Å². The molecule has 126 valence electrons. The first-order chi connectivity index (χ1) is 11.0. The Balaban J connectivity index is 3.06. The molecule has 7 heteroatoms. The van der Waals surface area contributed by atoms with Crippen molar-refractivity contribution in [3.05, 3.63) is 38.0 Å². The summed E-state index contributed by atoms with van der Waals surface area (Å²) in [4.78, 5) is 34.6. The van der Waals surface area contributed by atoms with Crippen molar-refractivity contribution in [2.24, 2.45) is 0 Å². The molecule has 4 atom stereocenters. The van der Waals surface area contributed by atoms with Crippen LogP contribution >= 0.6 is 0 Å². The maximum absolute atomic E-state index is 11.6. The van der Waals surface area contributed by atoms with E-state index in [1.54, 1.807) is 0 Å². The third-order valence-electron chi connectivity index (χ3n) is 3.21. The van der Waals surface area contributed by atoms with Gasteiger partial charge in [-0.05, 0) is 6.42 Å². The molecule has 1 aliphatic rings. The number of esters is 3. The quantitative estimate of drug-likeness (QED) is 0.393. The first kappa shape index (κ1) is 18.6. The predicted molar refractivity (Wildman–Crippen MR) is 80.3 cm³/mol. The molecule has 0 saturated carbocycles. The van der Waals surface area contributed by atoms with Crippen molar-refractivity contribution in [2.45, 2.75) is 37.8 Å². The fourth-order valence-electron chi connectivity index (χ4n) is 2.13. The van der Waals surface area contributed by atoms with Crippen molar-refractivity contribution >= 4 is 17.9 Å². The average molecular weight is 324 g/mol. The highest BCUT2D eigenvalue weighted by Gasteiger charge is 2.46. The Bertz CT molecular complexity index is 497. The molecule has 23 heavy (non-hydrogen) atoms. The van der Waals surface area contributed by atoms with Gasteiger partial charge in [0.05, 0.1) is 12.7 Å². The third-order valence-corrected chi connectivity index (χ3v) is 3.21. The number of ether oxygens (including phenoxy) is 4. The van der Waals surface area contributed by atoms with Crippen LogP contribution in [0.5, 0.6) is 0 Å². The monoisotopic (exact) mass is 324 g/mol. The van der Waals surface area contributed by atoms with Crippen molar-refractivity contribution in [1.29, 1.82) is 0 Å². The maximum Gasteiger partial charge on any atom is 0.330 e. The summed E-state index contributed by atoms with van der Waals surface area (Å²) in [5.41, 5.74) is 0. The number of hydrogen-bond donors (Lipinski definition) is 0. The molecule has 0 bridgehead atoms. The van der Waals surface area contributed by atoms with E-state index in [4.69, 9.17) is 18.9 Å². The van der Waals surface area contributed by atoms with Crippen molar-refractivity contribution < 1.29 is 33.3 Å². The molecule has 0 aromatic carbocycles. The summed E-state index contributed by atoms with van der Waals surface area (Å²) in [6, 6.07) is 0. The normalized spacial score (nSPS) is 26.5. The lowest BCUT2D eigenvalue weighted by molar-refractivity contribution is -0.223. The van der Waals surface area contributed by atoms with Gasteiger partial charge >= 0.3 is 17.9 Å². The van der Waals surface area contributed by atoms with Gasteiger partial charge in [0, 0.05) is 18.2 Å². The van der Waals surface area contributed by atoms with Crippen molar-refractivity contribution in [2.75, 3.05) is 6.61 Å². The predicted octanol–water partition coefficient (Wildman–Crippen LogP) is 1.09. The van der Waals surface area contributed by atoms with Gasteiger partial charge in [0.15, 0.2) is 18.3 Å². The molecular weight excluding hydrogens is 304 g/mol. The Kier molecular flexibility index (Phi) is 7.21. The molecular formula is C16H20O7. The summed E-state index contributed by atoms with van der Waals surface area (Å²) in [7, 11) is 0. The molecule has 1 heterocycles. The maximum atomic E-state index is 11.6. The van der Waals surface area contributed by atoms with Crippen LogP contribution in [0.25, 0.3) is 0 Å². The van der Waals surface area contributed by atoms with E-state index in [0.29, 0.717) is 6.42 Å². The molecule has 0 radical (unpaired) electrons. The van der Waals surface area contributed by atoms with Crippen LogP contribution in [0.2, 0.25) is 0 Å². The summed E-state index contributed by atoms with van der Waals surface area (Å²) in [6.07, 6.45) is 0.0172. The number of carbonyl (C=O) groups excluding carboxylic acids is 3. The fraction of sp³-hybridized carbons (Fsp3) is 0.438. The van der Waals surface area contributed by atoms with Gasteiger partial charge in [-0.25, -0.2) is 14.4 Å². The van der Waals surface area contributed by atoms with Gasteiger partial charge in [-0.15, -0.1) is 0 Å². The van der Waals surface area contributed by atoms with E-state index in [2.05, 4.69) is 19.7 Å². The van der Waals surface area contributed by atoms with E-state index in [-0.39, 0.29) is 6.61 Å². The second kappa shape index (κ2) is 8.89. The largest absolute Gasteiger partial charge is 0.453 e. The van der Waals surface area contributed by atoms with Gasteiger partial charge in [0.25, 0.3) is 0 Å². The lowest BCUT2D eigenvalue weighted by Crippen LogP contribution is -2.57. The van der Waals surface area contributed by atoms with Crippen molar-refractivity contribution in [3.8, 4) is 0 Å². The minimum Gasteiger partial charge on any atom is -0.453 e. The van der Waals surface area contributed by atoms with Crippen molar-refractivity contribution in [3.63, 3.8) is 0 Å².